The van der Waals surface area contributed by atoms with Crippen LogP contribution in [0.5, 0.6) is 0 Å². The average molecular weight is 465 g/mol. The first-order valence-electron chi connectivity index (χ1n) is 12.0. The Kier molecular flexibility index (Phi) is 7.91. The van der Waals surface area contributed by atoms with Crippen molar-refractivity contribution in [1.82, 2.24) is 9.62 Å². The number of benzene rings is 1. The van der Waals surface area contributed by atoms with Gasteiger partial charge in [-0.15, -0.1) is 0 Å². The monoisotopic (exact) mass is 464 g/mol. The van der Waals surface area contributed by atoms with Gasteiger partial charge in [-0.1, -0.05) is 25.7 Å². The number of carbonyl (C=O) groups is 1. The molecule has 1 aliphatic carbocycles. The van der Waals surface area contributed by atoms with Crippen LogP contribution in [0.25, 0.3) is 0 Å². The Labute approximate surface area is 191 Å². The molecular weight excluding hydrogens is 428 g/mol. The zero-order valence-corrected chi connectivity index (χ0v) is 19.7. The van der Waals surface area contributed by atoms with Crippen molar-refractivity contribution in [2.24, 2.45) is 0 Å². The molecule has 1 aromatic carbocycles. The Balaban J connectivity index is 1.49. The third kappa shape index (κ3) is 5.74. The van der Waals surface area contributed by atoms with Crippen LogP contribution in [-0.4, -0.2) is 70.6 Å². The van der Waals surface area contributed by atoms with Gasteiger partial charge in [0.1, 0.15) is 0 Å². The summed E-state index contributed by atoms with van der Waals surface area (Å²) in [6.45, 7) is 3.58. The molecule has 0 atom stereocenters. The number of nitrogens with zero attached hydrogens (tertiary/aromatic N) is 2. The van der Waals surface area contributed by atoms with E-state index in [0.717, 1.165) is 44.5 Å². The van der Waals surface area contributed by atoms with Crippen molar-refractivity contribution in [3.05, 3.63) is 18.2 Å². The van der Waals surface area contributed by atoms with Crippen LogP contribution in [0.2, 0.25) is 0 Å². The first-order chi connectivity index (χ1) is 15.5. The summed E-state index contributed by atoms with van der Waals surface area (Å²) < 4.78 is 33.1. The van der Waals surface area contributed by atoms with Crippen molar-refractivity contribution < 1.29 is 17.9 Å². The van der Waals surface area contributed by atoms with Gasteiger partial charge in [0, 0.05) is 32.2 Å². The van der Waals surface area contributed by atoms with Gasteiger partial charge in [0.25, 0.3) is 0 Å². The first kappa shape index (κ1) is 23.3. The maximum Gasteiger partial charge on any atom is 0.243 e. The summed E-state index contributed by atoms with van der Waals surface area (Å²) in [6, 6.07) is 5.51. The van der Waals surface area contributed by atoms with Crippen molar-refractivity contribution in [3.8, 4) is 0 Å². The molecule has 0 aromatic heterocycles. The summed E-state index contributed by atoms with van der Waals surface area (Å²) in [4.78, 5) is 15.1. The molecule has 178 valence electrons. The topological polar surface area (TPSA) is 91.0 Å². The SMILES string of the molecule is O=C(CNc1cc(S(=O)(=O)N2CCOCC2)ccc1N1CCCC1)NC1CCCCCC1. The van der Waals surface area contributed by atoms with E-state index in [0.29, 0.717) is 32.0 Å². The Morgan fingerprint density at radius 3 is 2.34 bits per heavy atom. The van der Waals surface area contributed by atoms with Crippen LogP contribution in [0.3, 0.4) is 0 Å². The molecule has 2 saturated heterocycles. The minimum atomic E-state index is -3.60. The number of morpholine rings is 1. The van der Waals surface area contributed by atoms with Gasteiger partial charge in [-0.25, -0.2) is 8.42 Å². The maximum atomic E-state index is 13.2. The molecule has 1 amide bonds. The molecule has 2 heterocycles. The van der Waals surface area contributed by atoms with E-state index in [1.807, 2.05) is 6.07 Å². The van der Waals surface area contributed by atoms with Gasteiger partial charge < -0.3 is 20.3 Å². The minimum absolute atomic E-state index is 0.0364. The Bertz CT molecular complexity index is 872. The molecule has 1 aromatic rings. The van der Waals surface area contributed by atoms with Crippen LogP contribution in [0.4, 0.5) is 11.4 Å². The summed E-state index contributed by atoms with van der Waals surface area (Å²) in [7, 11) is -3.60. The van der Waals surface area contributed by atoms with Crippen LogP contribution in [0.15, 0.2) is 23.1 Å². The van der Waals surface area contributed by atoms with Crippen molar-refractivity contribution in [2.75, 3.05) is 56.2 Å². The van der Waals surface area contributed by atoms with E-state index in [9.17, 15) is 13.2 Å². The number of carbonyl (C=O) groups excluding carboxylic acids is 1. The highest BCUT2D eigenvalue weighted by Gasteiger charge is 2.28. The van der Waals surface area contributed by atoms with Gasteiger partial charge in [-0.05, 0) is 43.9 Å². The summed E-state index contributed by atoms with van der Waals surface area (Å²) in [5.74, 6) is -0.0364. The number of nitrogens with one attached hydrogen (secondary N) is 2. The van der Waals surface area contributed by atoms with Crippen molar-refractivity contribution in [2.45, 2.75) is 62.3 Å². The van der Waals surface area contributed by atoms with E-state index in [4.69, 9.17) is 4.74 Å². The first-order valence-corrected chi connectivity index (χ1v) is 13.5. The lowest BCUT2D eigenvalue weighted by atomic mass is 10.1. The van der Waals surface area contributed by atoms with E-state index < -0.39 is 10.0 Å². The van der Waals surface area contributed by atoms with E-state index in [-0.39, 0.29) is 23.4 Å². The lowest BCUT2D eigenvalue weighted by molar-refractivity contribution is -0.120. The van der Waals surface area contributed by atoms with Gasteiger partial charge in [0.2, 0.25) is 15.9 Å². The van der Waals surface area contributed by atoms with Crippen molar-refractivity contribution >= 4 is 27.3 Å². The van der Waals surface area contributed by atoms with Crippen LogP contribution in [0.1, 0.15) is 51.4 Å². The fourth-order valence-corrected chi connectivity index (χ4v) is 6.30. The van der Waals surface area contributed by atoms with E-state index >= 15 is 0 Å². The predicted molar refractivity (Wildman–Crippen MR) is 126 cm³/mol. The van der Waals surface area contributed by atoms with Crippen molar-refractivity contribution in [1.29, 1.82) is 0 Å². The largest absolute Gasteiger partial charge is 0.379 e. The summed E-state index contributed by atoms with van der Waals surface area (Å²) in [5, 5.41) is 6.41. The third-order valence-electron chi connectivity index (χ3n) is 6.68. The highest BCUT2D eigenvalue weighted by atomic mass is 32.2. The quantitative estimate of drug-likeness (QED) is 0.603. The fourth-order valence-electron chi connectivity index (χ4n) is 4.86. The fraction of sp³-hybridized carbons (Fsp3) is 0.696. The summed E-state index contributed by atoms with van der Waals surface area (Å²) in [5.41, 5.74) is 1.67. The molecule has 4 rings (SSSR count). The van der Waals surface area contributed by atoms with Crippen LogP contribution < -0.4 is 15.5 Å². The molecule has 3 aliphatic rings. The van der Waals surface area contributed by atoms with Crippen LogP contribution >= 0.6 is 0 Å². The van der Waals surface area contributed by atoms with E-state index in [1.165, 1.54) is 30.0 Å². The number of sulfonamides is 1. The Morgan fingerprint density at radius 1 is 0.969 bits per heavy atom. The molecule has 9 heteroatoms. The molecule has 1 saturated carbocycles. The molecule has 0 radical (unpaired) electrons. The Hall–Kier alpha value is -1.84. The number of anilines is 2. The van der Waals surface area contributed by atoms with Gasteiger partial charge >= 0.3 is 0 Å². The Morgan fingerprint density at radius 2 is 1.66 bits per heavy atom. The van der Waals surface area contributed by atoms with Gasteiger partial charge in [0.15, 0.2) is 0 Å². The highest BCUT2D eigenvalue weighted by molar-refractivity contribution is 7.89. The number of hydrogen-bond donors (Lipinski definition) is 2. The second-order valence-electron chi connectivity index (χ2n) is 9.00. The van der Waals surface area contributed by atoms with Gasteiger partial charge in [-0.2, -0.15) is 4.31 Å². The molecule has 8 nitrogen and oxygen atoms in total. The molecule has 2 aliphatic heterocycles. The number of ether oxygens (including phenoxy) is 1. The molecule has 3 fully saturated rings. The highest BCUT2D eigenvalue weighted by Crippen LogP contribution is 2.32. The zero-order valence-electron chi connectivity index (χ0n) is 18.9. The smallest absolute Gasteiger partial charge is 0.243 e. The molecule has 0 spiro atoms. The van der Waals surface area contributed by atoms with Crippen molar-refractivity contribution in [3.63, 3.8) is 0 Å². The standard InChI is InChI=1S/C23H36N4O4S/c28-23(25-19-7-3-1-2-4-8-19)18-24-21-17-20(9-10-22(21)26-11-5-6-12-26)32(29,30)27-13-15-31-16-14-27/h9-10,17,19,24H,1-8,11-16,18H2,(H,25,28). The normalized spacial score (nSPS) is 21.3. The van der Waals surface area contributed by atoms with E-state index in [2.05, 4.69) is 15.5 Å². The van der Waals surface area contributed by atoms with E-state index in [1.54, 1.807) is 12.1 Å². The molecule has 32 heavy (non-hydrogen) atoms. The molecular formula is C23H36N4O4S. The number of hydrogen-bond acceptors (Lipinski definition) is 6. The second-order valence-corrected chi connectivity index (χ2v) is 10.9. The average Bonchev–Trinajstić information content (AvgIpc) is 3.23. The number of rotatable bonds is 7. The van der Waals surface area contributed by atoms with Crippen LogP contribution in [0, 0.1) is 0 Å². The summed E-state index contributed by atoms with van der Waals surface area (Å²) >= 11 is 0. The maximum absolute atomic E-state index is 13.2. The molecule has 0 unspecified atom stereocenters. The minimum Gasteiger partial charge on any atom is -0.379 e. The van der Waals surface area contributed by atoms with Gasteiger partial charge in [0.05, 0.1) is 36.0 Å². The summed E-state index contributed by atoms with van der Waals surface area (Å²) in [6.07, 6.45) is 9.14. The molecule has 2 N–H and O–H groups in total. The van der Waals surface area contributed by atoms with Crippen LogP contribution in [-0.2, 0) is 19.6 Å². The lowest BCUT2D eigenvalue weighted by Crippen LogP contribution is -2.40. The predicted octanol–water partition coefficient (Wildman–Crippen LogP) is 2.56. The number of amides is 1. The second kappa shape index (κ2) is 10.9. The zero-order chi connectivity index (χ0) is 22.4. The third-order valence-corrected chi connectivity index (χ3v) is 8.58. The van der Waals surface area contributed by atoms with Gasteiger partial charge in [-0.3, -0.25) is 4.79 Å². The molecule has 0 bridgehead atoms. The lowest BCUT2D eigenvalue weighted by Gasteiger charge is -2.27.